The maximum absolute atomic E-state index is 12.9. The number of hydrogen-bond acceptors (Lipinski definition) is 7. The smallest absolute Gasteiger partial charge is 0.332 e. The number of anilines is 1. The van der Waals surface area contributed by atoms with E-state index in [-0.39, 0.29) is 11.4 Å². The van der Waals surface area contributed by atoms with Crippen LogP contribution in [0.5, 0.6) is 11.5 Å². The van der Waals surface area contributed by atoms with Crippen molar-refractivity contribution in [2.75, 3.05) is 12.0 Å². The summed E-state index contributed by atoms with van der Waals surface area (Å²) in [7, 11) is 3.01. The molecule has 4 aromatic rings. The Bertz CT molecular complexity index is 1450. The molecule has 2 heterocycles. The number of phenols is 1. The molecule has 33 heavy (non-hydrogen) atoms. The standard InChI is InChI=1S/C23H24N6O4/c1-4-33-18-12-16(10-11-17(18)30)13-24-26-22-25-20-19(21(31)28(3)23(32)27(20)2)29(22)14-15-8-6-5-7-9-15/h5-13,30H,4,14H2,1-3H3,(H,25,26)/b24-13+. The lowest BCUT2D eigenvalue weighted by molar-refractivity contribution is 0.318. The highest BCUT2D eigenvalue weighted by atomic mass is 16.5. The average molecular weight is 448 g/mol. The largest absolute Gasteiger partial charge is 0.504 e. The van der Waals surface area contributed by atoms with Gasteiger partial charge in [0, 0.05) is 14.1 Å². The Balaban J connectivity index is 1.76. The van der Waals surface area contributed by atoms with E-state index >= 15 is 0 Å². The molecule has 10 nitrogen and oxygen atoms in total. The zero-order valence-electron chi connectivity index (χ0n) is 18.5. The SMILES string of the molecule is CCOc1cc(/C=N/Nc2nc3c(c(=O)n(C)c(=O)n3C)n2Cc2ccccc2)ccc1O. The highest BCUT2D eigenvalue weighted by Gasteiger charge is 2.19. The van der Waals surface area contributed by atoms with Crippen molar-refractivity contribution < 1.29 is 9.84 Å². The fourth-order valence-electron chi connectivity index (χ4n) is 3.50. The van der Waals surface area contributed by atoms with Crippen molar-refractivity contribution in [1.82, 2.24) is 18.7 Å². The van der Waals surface area contributed by atoms with Crippen LogP contribution in [0, 0.1) is 0 Å². The van der Waals surface area contributed by atoms with E-state index in [0.29, 0.717) is 35.9 Å². The molecule has 0 aliphatic rings. The van der Waals surface area contributed by atoms with E-state index in [9.17, 15) is 14.7 Å². The fraction of sp³-hybridized carbons (Fsp3) is 0.217. The van der Waals surface area contributed by atoms with Crippen molar-refractivity contribution in [1.29, 1.82) is 0 Å². The van der Waals surface area contributed by atoms with Gasteiger partial charge in [-0.15, -0.1) is 0 Å². The Hall–Kier alpha value is -4.34. The molecule has 0 radical (unpaired) electrons. The fourth-order valence-corrected chi connectivity index (χ4v) is 3.50. The number of fused-ring (bicyclic) bond motifs is 1. The van der Waals surface area contributed by atoms with Gasteiger partial charge in [-0.1, -0.05) is 30.3 Å². The summed E-state index contributed by atoms with van der Waals surface area (Å²) in [4.78, 5) is 29.8. The van der Waals surface area contributed by atoms with Crippen LogP contribution in [0.25, 0.3) is 11.2 Å². The Kier molecular flexibility index (Phi) is 5.99. The van der Waals surface area contributed by atoms with Gasteiger partial charge in [-0.2, -0.15) is 10.1 Å². The lowest BCUT2D eigenvalue weighted by Gasteiger charge is -2.09. The maximum atomic E-state index is 12.9. The molecule has 0 aliphatic carbocycles. The molecule has 2 aromatic heterocycles. The monoisotopic (exact) mass is 448 g/mol. The van der Waals surface area contributed by atoms with E-state index < -0.39 is 11.2 Å². The van der Waals surface area contributed by atoms with Crippen LogP contribution < -0.4 is 21.4 Å². The molecule has 4 rings (SSSR count). The summed E-state index contributed by atoms with van der Waals surface area (Å²) in [5, 5.41) is 14.1. The molecule has 0 saturated carbocycles. The second-order valence-corrected chi connectivity index (χ2v) is 7.42. The number of nitrogens with zero attached hydrogens (tertiary/aromatic N) is 5. The summed E-state index contributed by atoms with van der Waals surface area (Å²) >= 11 is 0. The van der Waals surface area contributed by atoms with E-state index in [1.807, 2.05) is 37.3 Å². The topological polar surface area (TPSA) is 116 Å². The molecule has 170 valence electrons. The third-order valence-electron chi connectivity index (χ3n) is 5.19. The second kappa shape index (κ2) is 9.03. The van der Waals surface area contributed by atoms with Crippen LogP contribution in [0.3, 0.4) is 0 Å². The Morgan fingerprint density at radius 2 is 1.88 bits per heavy atom. The summed E-state index contributed by atoms with van der Waals surface area (Å²) < 4.78 is 9.49. The number of benzene rings is 2. The van der Waals surface area contributed by atoms with Gasteiger partial charge in [0.15, 0.2) is 22.7 Å². The van der Waals surface area contributed by atoms with Gasteiger partial charge in [0.1, 0.15) is 0 Å². The molecule has 0 amide bonds. The molecule has 0 bridgehead atoms. The number of aryl methyl sites for hydroxylation is 1. The summed E-state index contributed by atoms with van der Waals surface area (Å²) in [6, 6.07) is 14.5. The van der Waals surface area contributed by atoms with Crippen LogP contribution in [0.1, 0.15) is 18.1 Å². The first-order valence-electron chi connectivity index (χ1n) is 10.4. The Labute approximate surface area is 189 Å². The van der Waals surface area contributed by atoms with Crippen LogP contribution in [-0.2, 0) is 20.6 Å². The number of aromatic hydroxyl groups is 1. The van der Waals surface area contributed by atoms with E-state index in [2.05, 4.69) is 15.5 Å². The molecule has 10 heteroatoms. The summed E-state index contributed by atoms with van der Waals surface area (Å²) in [6.07, 6.45) is 1.55. The average Bonchev–Trinajstić information content (AvgIpc) is 3.17. The molecular weight excluding hydrogens is 424 g/mol. The van der Waals surface area contributed by atoms with Gasteiger partial charge in [-0.25, -0.2) is 10.2 Å². The lowest BCUT2D eigenvalue weighted by atomic mass is 10.2. The number of rotatable bonds is 7. The van der Waals surface area contributed by atoms with E-state index in [1.165, 1.54) is 17.7 Å². The maximum Gasteiger partial charge on any atom is 0.332 e. The van der Waals surface area contributed by atoms with E-state index in [1.54, 1.807) is 30.0 Å². The predicted molar refractivity (Wildman–Crippen MR) is 126 cm³/mol. The predicted octanol–water partition coefficient (Wildman–Crippen LogP) is 2.03. The third kappa shape index (κ3) is 4.22. The molecule has 2 N–H and O–H groups in total. The van der Waals surface area contributed by atoms with Crippen molar-refractivity contribution in [2.24, 2.45) is 19.2 Å². The minimum atomic E-state index is -0.459. The molecule has 0 fully saturated rings. The number of phenolic OH excluding ortho intramolecular Hbond substituents is 1. The number of ether oxygens (including phenoxy) is 1. The van der Waals surface area contributed by atoms with Gasteiger partial charge >= 0.3 is 5.69 Å². The number of hydrazone groups is 1. The van der Waals surface area contributed by atoms with Crippen LogP contribution in [0.2, 0.25) is 0 Å². The molecular formula is C23H24N6O4. The van der Waals surface area contributed by atoms with Crippen molar-refractivity contribution in [2.45, 2.75) is 13.5 Å². The Morgan fingerprint density at radius 3 is 2.61 bits per heavy atom. The minimum absolute atomic E-state index is 0.0448. The van der Waals surface area contributed by atoms with Crippen molar-refractivity contribution >= 4 is 23.3 Å². The van der Waals surface area contributed by atoms with Gasteiger partial charge in [0.25, 0.3) is 5.56 Å². The van der Waals surface area contributed by atoms with E-state index in [0.717, 1.165) is 10.1 Å². The Morgan fingerprint density at radius 1 is 1.12 bits per heavy atom. The molecule has 2 aromatic carbocycles. The first kappa shape index (κ1) is 21.9. The highest BCUT2D eigenvalue weighted by Crippen LogP contribution is 2.26. The normalized spacial score (nSPS) is 11.4. The van der Waals surface area contributed by atoms with Crippen LogP contribution in [0.4, 0.5) is 5.95 Å². The van der Waals surface area contributed by atoms with Crippen LogP contribution >= 0.6 is 0 Å². The minimum Gasteiger partial charge on any atom is -0.504 e. The third-order valence-corrected chi connectivity index (χ3v) is 5.19. The highest BCUT2D eigenvalue weighted by molar-refractivity contribution is 5.81. The van der Waals surface area contributed by atoms with Gasteiger partial charge in [-0.3, -0.25) is 18.5 Å². The van der Waals surface area contributed by atoms with Gasteiger partial charge in [0.2, 0.25) is 5.95 Å². The molecule has 0 unspecified atom stereocenters. The van der Waals surface area contributed by atoms with Gasteiger partial charge in [0.05, 0.1) is 19.4 Å². The van der Waals surface area contributed by atoms with E-state index in [4.69, 9.17) is 4.74 Å². The van der Waals surface area contributed by atoms with Gasteiger partial charge < -0.3 is 9.84 Å². The summed E-state index contributed by atoms with van der Waals surface area (Å²) in [5.74, 6) is 0.715. The van der Waals surface area contributed by atoms with Crippen molar-refractivity contribution in [3.63, 3.8) is 0 Å². The van der Waals surface area contributed by atoms with Crippen molar-refractivity contribution in [3.05, 3.63) is 80.5 Å². The summed E-state index contributed by atoms with van der Waals surface area (Å²) in [6.45, 7) is 2.61. The number of imidazole rings is 1. The van der Waals surface area contributed by atoms with Crippen LogP contribution in [-0.4, -0.2) is 36.6 Å². The number of nitrogens with one attached hydrogen (secondary N) is 1. The second-order valence-electron chi connectivity index (χ2n) is 7.42. The number of aromatic nitrogens is 4. The first-order chi connectivity index (χ1) is 15.9. The van der Waals surface area contributed by atoms with Crippen LogP contribution in [0.15, 0.2) is 63.2 Å². The van der Waals surface area contributed by atoms with Crippen molar-refractivity contribution in [3.8, 4) is 11.5 Å². The zero-order chi connectivity index (χ0) is 23.5. The molecule has 0 aliphatic heterocycles. The lowest BCUT2D eigenvalue weighted by Crippen LogP contribution is -2.37. The molecule has 0 saturated heterocycles. The first-order valence-corrected chi connectivity index (χ1v) is 10.4. The summed E-state index contributed by atoms with van der Waals surface area (Å²) in [5.41, 5.74) is 4.20. The zero-order valence-corrected chi connectivity index (χ0v) is 18.5. The quantitative estimate of drug-likeness (QED) is 0.330. The molecule has 0 atom stereocenters. The molecule has 0 spiro atoms. The number of hydrogen-bond donors (Lipinski definition) is 2. The van der Waals surface area contributed by atoms with Gasteiger partial charge in [-0.05, 0) is 36.2 Å².